The number of halogens is 2. The first-order chi connectivity index (χ1) is 10.0. The lowest BCUT2D eigenvalue weighted by molar-refractivity contribution is 0.243. The van der Waals surface area contributed by atoms with Crippen LogP contribution in [0.15, 0.2) is 34.8 Å². The highest BCUT2D eigenvalue weighted by Crippen LogP contribution is 2.31. The van der Waals surface area contributed by atoms with E-state index in [9.17, 15) is 0 Å². The molecule has 0 aliphatic carbocycles. The van der Waals surface area contributed by atoms with Gasteiger partial charge in [-0.2, -0.15) is 0 Å². The molecule has 0 bridgehead atoms. The van der Waals surface area contributed by atoms with E-state index in [2.05, 4.69) is 46.1 Å². The van der Waals surface area contributed by atoms with E-state index in [1.807, 2.05) is 12.1 Å². The van der Waals surface area contributed by atoms with Crippen LogP contribution >= 0.6 is 38.9 Å². The number of ether oxygens (including phenoxy) is 1. The Balaban J connectivity index is 2.16. The minimum atomic E-state index is 0.146. The topological polar surface area (TPSA) is 38.5 Å². The van der Waals surface area contributed by atoms with Crippen LogP contribution < -0.4 is 10.5 Å². The number of thiophene rings is 1. The fourth-order valence-electron chi connectivity index (χ4n) is 2.25. The zero-order chi connectivity index (χ0) is 15.4. The molecule has 21 heavy (non-hydrogen) atoms. The van der Waals surface area contributed by atoms with Crippen molar-refractivity contribution < 1.29 is 4.74 Å². The molecule has 1 aromatic heterocycles. The van der Waals surface area contributed by atoms with Crippen molar-refractivity contribution in [2.45, 2.75) is 12.6 Å². The summed E-state index contributed by atoms with van der Waals surface area (Å²) in [6.07, 6.45) is 0. The first-order valence-electron chi connectivity index (χ1n) is 6.53. The molecule has 1 atom stereocenters. The number of hydrogen-bond donors (Lipinski definition) is 1. The SMILES string of the molecule is COc1ccc(C(CN)N(C)Cc2ccc(Cl)s2)cc1Br. The van der Waals surface area contributed by atoms with Crippen LogP contribution in [0, 0.1) is 0 Å². The number of methoxy groups -OCH3 is 1. The van der Waals surface area contributed by atoms with Gasteiger partial charge >= 0.3 is 0 Å². The summed E-state index contributed by atoms with van der Waals surface area (Å²) >= 11 is 11.1. The molecule has 114 valence electrons. The fourth-order valence-corrected chi connectivity index (χ4v) is 3.96. The molecule has 0 fully saturated rings. The standard InChI is InChI=1S/C15H18BrClN2OS/c1-19(9-11-4-6-15(17)21-11)13(8-18)10-3-5-14(20-2)12(16)7-10/h3-7,13H,8-9,18H2,1-2H3. The maximum Gasteiger partial charge on any atom is 0.133 e. The molecule has 0 radical (unpaired) electrons. The van der Waals surface area contributed by atoms with Crippen molar-refractivity contribution in [3.8, 4) is 5.75 Å². The summed E-state index contributed by atoms with van der Waals surface area (Å²) < 4.78 is 7.02. The summed E-state index contributed by atoms with van der Waals surface area (Å²) in [5.74, 6) is 0.821. The summed E-state index contributed by atoms with van der Waals surface area (Å²) in [4.78, 5) is 3.46. The summed E-state index contributed by atoms with van der Waals surface area (Å²) in [7, 11) is 3.73. The Bertz CT molecular complexity index is 605. The molecule has 2 aromatic rings. The van der Waals surface area contributed by atoms with Crippen molar-refractivity contribution in [2.24, 2.45) is 5.73 Å². The fraction of sp³-hybridized carbons (Fsp3) is 0.333. The normalized spacial score (nSPS) is 12.7. The van der Waals surface area contributed by atoms with Gasteiger partial charge in [0, 0.05) is 24.0 Å². The average molecular weight is 390 g/mol. The van der Waals surface area contributed by atoms with E-state index >= 15 is 0 Å². The molecule has 3 nitrogen and oxygen atoms in total. The van der Waals surface area contributed by atoms with Gasteiger partial charge in [-0.3, -0.25) is 4.90 Å². The van der Waals surface area contributed by atoms with Crippen molar-refractivity contribution >= 4 is 38.9 Å². The molecule has 0 saturated heterocycles. The lowest BCUT2D eigenvalue weighted by atomic mass is 10.1. The van der Waals surface area contributed by atoms with Crippen LogP contribution in [-0.4, -0.2) is 25.6 Å². The quantitative estimate of drug-likeness (QED) is 0.800. The number of benzene rings is 1. The predicted octanol–water partition coefficient (Wildman–Crippen LogP) is 4.30. The van der Waals surface area contributed by atoms with E-state index < -0.39 is 0 Å². The number of nitrogens with zero attached hydrogens (tertiary/aromatic N) is 1. The summed E-state index contributed by atoms with van der Waals surface area (Å²) in [6, 6.07) is 10.2. The molecular weight excluding hydrogens is 372 g/mol. The van der Waals surface area contributed by atoms with E-state index in [-0.39, 0.29) is 6.04 Å². The average Bonchev–Trinajstić information content (AvgIpc) is 2.85. The third-order valence-corrected chi connectivity index (χ3v) is 5.19. The molecule has 0 aliphatic rings. The summed E-state index contributed by atoms with van der Waals surface area (Å²) in [5, 5.41) is 0. The highest BCUT2D eigenvalue weighted by atomic mass is 79.9. The van der Waals surface area contributed by atoms with Crippen LogP contribution in [0.1, 0.15) is 16.5 Å². The maximum atomic E-state index is 5.98. The predicted molar refractivity (Wildman–Crippen MR) is 93.3 cm³/mol. The maximum absolute atomic E-state index is 5.98. The first kappa shape index (κ1) is 16.8. The van der Waals surface area contributed by atoms with Crippen LogP contribution in [0.2, 0.25) is 4.34 Å². The number of hydrogen-bond acceptors (Lipinski definition) is 4. The molecule has 6 heteroatoms. The molecule has 2 N–H and O–H groups in total. The van der Waals surface area contributed by atoms with Crippen LogP contribution in [0.25, 0.3) is 0 Å². The van der Waals surface area contributed by atoms with Gasteiger partial charge in [0.05, 0.1) is 15.9 Å². The Morgan fingerprint density at radius 2 is 2.14 bits per heavy atom. The Kier molecular flexibility index (Phi) is 6.08. The van der Waals surface area contributed by atoms with E-state index in [4.69, 9.17) is 22.1 Å². The van der Waals surface area contributed by atoms with Crippen LogP contribution in [-0.2, 0) is 6.54 Å². The van der Waals surface area contributed by atoms with Crippen molar-refractivity contribution in [1.82, 2.24) is 4.90 Å². The second-order valence-corrected chi connectivity index (χ2v) is 7.42. The summed E-state index contributed by atoms with van der Waals surface area (Å²) in [5.41, 5.74) is 7.14. The van der Waals surface area contributed by atoms with Gasteiger partial charge in [-0.25, -0.2) is 0 Å². The summed E-state index contributed by atoms with van der Waals surface area (Å²) in [6.45, 7) is 1.37. The van der Waals surface area contributed by atoms with Crippen molar-refractivity contribution in [3.05, 3.63) is 49.6 Å². The minimum Gasteiger partial charge on any atom is -0.496 e. The van der Waals surface area contributed by atoms with Crippen LogP contribution in [0.5, 0.6) is 5.75 Å². The molecule has 1 heterocycles. The van der Waals surface area contributed by atoms with Gasteiger partial charge in [-0.05, 0) is 52.8 Å². The van der Waals surface area contributed by atoms with Gasteiger partial charge in [-0.1, -0.05) is 17.7 Å². The molecule has 0 saturated carbocycles. The highest BCUT2D eigenvalue weighted by molar-refractivity contribution is 9.10. The Hall–Kier alpha value is -0.590. The van der Waals surface area contributed by atoms with Crippen molar-refractivity contribution in [3.63, 3.8) is 0 Å². The van der Waals surface area contributed by atoms with Crippen LogP contribution in [0.3, 0.4) is 0 Å². The van der Waals surface area contributed by atoms with E-state index in [0.29, 0.717) is 6.54 Å². The molecule has 1 unspecified atom stereocenters. The largest absolute Gasteiger partial charge is 0.496 e. The first-order valence-corrected chi connectivity index (χ1v) is 8.52. The third-order valence-electron chi connectivity index (χ3n) is 3.35. The van der Waals surface area contributed by atoms with E-state index in [1.165, 1.54) is 4.88 Å². The minimum absolute atomic E-state index is 0.146. The van der Waals surface area contributed by atoms with Crippen LogP contribution in [0.4, 0.5) is 0 Å². The molecule has 2 rings (SSSR count). The van der Waals surface area contributed by atoms with Gasteiger partial charge < -0.3 is 10.5 Å². The Labute approximate surface area is 142 Å². The van der Waals surface area contributed by atoms with Crippen molar-refractivity contribution in [2.75, 3.05) is 20.7 Å². The number of nitrogens with two attached hydrogens (primary N) is 1. The lowest BCUT2D eigenvalue weighted by Crippen LogP contribution is -2.29. The molecule has 0 aliphatic heterocycles. The number of rotatable bonds is 6. The van der Waals surface area contributed by atoms with Crippen molar-refractivity contribution in [1.29, 1.82) is 0 Å². The monoisotopic (exact) mass is 388 g/mol. The lowest BCUT2D eigenvalue weighted by Gasteiger charge is -2.27. The molecule has 1 aromatic carbocycles. The smallest absolute Gasteiger partial charge is 0.133 e. The van der Waals surface area contributed by atoms with Gasteiger partial charge in [0.25, 0.3) is 0 Å². The molecule has 0 spiro atoms. The molecule has 0 amide bonds. The van der Waals surface area contributed by atoms with Gasteiger partial charge in [0.15, 0.2) is 0 Å². The second kappa shape index (κ2) is 7.61. The molecular formula is C15H18BrClN2OS. The van der Waals surface area contributed by atoms with E-state index in [0.717, 1.165) is 26.7 Å². The zero-order valence-electron chi connectivity index (χ0n) is 12.0. The second-order valence-electron chi connectivity index (χ2n) is 4.77. The number of likely N-dealkylation sites (N-methyl/N-ethyl adjacent to an activating group) is 1. The van der Waals surface area contributed by atoms with Gasteiger partial charge in [0.2, 0.25) is 0 Å². The van der Waals surface area contributed by atoms with E-state index in [1.54, 1.807) is 18.4 Å². The highest BCUT2D eigenvalue weighted by Gasteiger charge is 2.17. The zero-order valence-corrected chi connectivity index (χ0v) is 15.1. The Morgan fingerprint density at radius 1 is 1.38 bits per heavy atom. The van der Waals surface area contributed by atoms with Gasteiger partial charge in [0.1, 0.15) is 5.75 Å². The Morgan fingerprint density at radius 3 is 2.67 bits per heavy atom. The third kappa shape index (κ3) is 4.20. The van der Waals surface area contributed by atoms with Gasteiger partial charge in [-0.15, -0.1) is 11.3 Å².